The molecule has 0 atom stereocenters. The van der Waals surface area contributed by atoms with Crippen LogP contribution in [0.4, 0.5) is 11.5 Å². The third-order valence-corrected chi connectivity index (χ3v) is 6.14. The highest BCUT2D eigenvalue weighted by Crippen LogP contribution is 2.28. The second kappa shape index (κ2) is 8.15. The summed E-state index contributed by atoms with van der Waals surface area (Å²) < 4.78 is 28.2. The summed E-state index contributed by atoms with van der Waals surface area (Å²) in [5.41, 5.74) is 0.917. The van der Waals surface area contributed by atoms with Crippen molar-refractivity contribution in [3.05, 3.63) is 47.7 Å². The Morgan fingerprint density at radius 2 is 1.93 bits per heavy atom. The molecule has 1 aromatic carbocycles. The third-order valence-electron chi connectivity index (χ3n) is 4.78. The topological polar surface area (TPSA) is 103 Å². The number of benzene rings is 1. The highest BCUT2D eigenvalue weighted by atomic mass is 32.2. The fraction of sp³-hybridized carbons (Fsp3) is 0.368. The van der Waals surface area contributed by atoms with Crippen LogP contribution in [0, 0.1) is 6.92 Å². The van der Waals surface area contributed by atoms with Gasteiger partial charge in [0.2, 0.25) is 0 Å². The summed E-state index contributed by atoms with van der Waals surface area (Å²) in [4.78, 5) is 20.0. The van der Waals surface area contributed by atoms with E-state index in [1.165, 1.54) is 18.3 Å². The van der Waals surface area contributed by atoms with Crippen molar-refractivity contribution in [3.63, 3.8) is 0 Å². The number of anilines is 2. The van der Waals surface area contributed by atoms with Crippen molar-refractivity contribution in [2.24, 2.45) is 0 Å². The van der Waals surface area contributed by atoms with Crippen molar-refractivity contribution in [1.82, 2.24) is 9.88 Å². The maximum absolute atomic E-state index is 12.9. The Morgan fingerprint density at radius 1 is 1.21 bits per heavy atom. The number of carbonyl (C=O) groups is 1. The minimum Gasteiger partial charge on any atom is -0.478 e. The number of piperazine rings is 1. The number of aromatic carboxylic acids is 1. The number of hydrogen-bond donors (Lipinski definition) is 2. The van der Waals surface area contributed by atoms with Gasteiger partial charge in [-0.15, -0.1) is 0 Å². The summed E-state index contributed by atoms with van der Waals surface area (Å²) in [6.45, 7) is 7.90. The lowest BCUT2D eigenvalue weighted by Crippen LogP contribution is -2.46. The lowest BCUT2D eigenvalue weighted by molar-refractivity contribution is 0.0696. The zero-order chi connectivity index (χ0) is 20.3. The molecule has 0 spiro atoms. The smallest absolute Gasteiger partial charge is 0.337 e. The van der Waals surface area contributed by atoms with Gasteiger partial charge in [0, 0.05) is 32.4 Å². The molecule has 8 nitrogen and oxygen atoms in total. The van der Waals surface area contributed by atoms with Gasteiger partial charge in [-0.2, -0.15) is 0 Å². The average Bonchev–Trinajstić information content (AvgIpc) is 2.68. The van der Waals surface area contributed by atoms with Gasteiger partial charge in [-0.25, -0.2) is 18.2 Å². The number of nitrogens with one attached hydrogen (secondary N) is 1. The van der Waals surface area contributed by atoms with Crippen LogP contribution in [0.3, 0.4) is 0 Å². The minimum atomic E-state index is -3.87. The van der Waals surface area contributed by atoms with Crippen LogP contribution in [0.5, 0.6) is 0 Å². The molecule has 0 unspecified atom stereocenters. The van der Waals surface area contributed by atoms with Crippen molar-refractivity contribution in [3.8, 4) is 0 Å². The molecular formula is C19H24N4O4S. The predicted octanol–water partition coefficient (Wildman–Crippen LogP) is 2.03. The normalized spacial score (nSPS) is 15.4. The predicted molar refractivity (Wildman–Crippen MR) is 108 cm³/mol. The molecule has 0 bridgehead atoms. The lowest BCUT2D eigenvalue weighted by Gasteiger charge is -2.35. The fourth-order valence-corrected chi connectivity index (χ4v) is 4.32. The summed E-state index contributed by atoms with van der Waals surface area (Å²) in [5, 5.41) is 9.29. The van der Waals surface area contributed by atoms with E-state index < -0.39 is 16.0 Å². The van der Waals surface area contributed by atoms with E-state index in [1.807, 2.05) is 17.9 Å². The third kappa shape index (κ3) is 4.42. The molecule has 2 heterocycles. The minimum absolute atomic E-state index is 0.0714. The molecule has 0 saturated carbocycles. The summed E-state index contributed by atoms with van der Waals surface area (Å²) in [5.74, 6) is -0.720. The molecule has 2 N–H and O–H groups in total. The largest absolute Gasteiger partial charge is 0.478 e. The molecule has 2 aromatic rings. The molecule has 1 saturated heterocycles. The molecule has 3 rings (SSSR count). The van der Waals surface area contributed by atoms with Crippen LogP contribution in [0.25, 0.3) is 0 Å². The van der Waals surface area contributed by atoms with Gasteiger partial charge in [0.05, 0.1) is 16.1 Å². The maximum Gasteiger partial charge on any atom is 0.337 e. The van der Waals surface area contributed by atoms with Gasteiger partial charge in [0.25, 0.3) is 10.0 Å². The Labute approximate surface area is 164 Å². The molecule has 0 amide bonds. The molecular weight excluding hydrogens is 380 g/mol. The first-order valence-electron chi connectivity index (χ1n) is 9.10. The van der Waals surface area contributed by atoms with E-state index in [1.54, 1.807) is 12.1 Å². The van der Waals surface area contributed by atoms with Crippen LogP contribution in [0.1, 0.15) is 22.8 Å². The van der Waals surface area contributed by atoms with Gasteiger partial charge in [-0.3, -0.25) is 4.72 Å². The molecule has 0 radical (unpaired) electrons. The van der Waals surface area contributed by atoms with E-state index in [9.17, 15) is 18.3 Å². The number of pyridine rings is 1. The molecule has 1 aliphatic rings. The average molecular weight is 404 g/mol. The Hall–Kier alpha value is -2.65. The molecule has 0 aliphatic carbocycles. The Balaban J connectivity index is 1.96. The number of aryl methyl sites for hydroxylation is 1. The van der Waals surface area contributed by atoms with E-state index in [0.29, 0.717) is 18.9 Å². The second-order valence-corrected chi connectivity index (χ2v) is 8.43. The number of aromatic nitrogens is 1. The van der Waals surface area contributed by atoms with E-state index in [0.717, 1.165) is 25.2 Å². The number of rotatable bonds is 6. The van der Waals surface area contributed by atoms with Crippen LogP contribution < -0.4 is 9.62 Å². The summed E-state index contributed by atoms with van der Waals surface area (Å²) in [7, 11) is -3.87. The zero-order valence-electron chi connectivity index (χ0n) is 15.9. The second-order valence-electron chi connectivity index (χ2n) is 6.74. The highest BCUT2D eigenvalue weighted by molar-refractivity contribution is 7.92. The molecule has 9 heteroatoms. The van der Waals surface area contributed by atoms with Crippen LogP contribution in [0.2, 0.25) is 0 Å². The van der Waals surface area contributed by atoms with E-state index in [-0.39, 0.29) is 16.1 Å². The van der Waals surface area contributed by atoms with Crippen LogP contribution in [-0.2, 0) is 10.0 Å². The zero-order valence-corrected chi connectivity index (χ0v) is 16.7. The van der Waals surface area contributed by atoms with Crippen molar-refractivity contribution in [2.75, 3.05) is 42.3 Å². The summed E-state index contributed by atoms with van der Waals surface area (Å²) in [6, 6.07) is 7.87. The van der Waals surface area contributed by atoms with Gasteiger partial charge >= 0.3 is 5.97 Å². The van der Waals surface area contributed by atoms with E-state index in [4.69, 9.17) is 0 Å². The molecule has 1 fully saturated rings. The van der Waals surface area contributed by atoms with Gasteiger partial charge in [0.15, 0.2) is 5.82 Å². The fourth-order valence-electron chi connectivity index (χ4n) is 3.16. The molecule has 1 aliphatic heterocycles. The number of carboxylic acids is 1. The van der Waals surface area contributed by atoms with Crippen molar-refractivity contribution >= 4 is 27.5 Å². The van der Waals surface area contributed by atoms with Crippen molar-refractivity contribution < 1.29 is 18.3 Å². The van der Waals surface area contributed by atoms with Crippen LogP contribution >= 0.6 is 0 Å². The Kier molecular flexibility index (Phi) is 5.85. The molecule has 28 heavy (non-hydrogen) atoms. The van der Waals surface area contributed by atoms with Crippen LogP contribution in [-0.4, -0.2) is 62.1 Å². The Bertz CT molecular complexity index is 970. The van der Waals surface area contributed by atoms with Crippen LogP contribution in [0.15, 0.2) is 41.4 Å². The first-order chi connectivity index (χ1) is 13.3. The van der Waals surface area contributed by atoms with E-state index >= 15 is 0 Å². The van der Waals surface area contributed by atoms with Crippen molar-refractivity contribution in [1.29, 1.82) is 0 Å². The Morgan fingerprint density at radius 3 is 2.54 bits per heavy atom. The van der Waals surface area contributed by atoms with Gasteiger partial charge in [-0.05, 0) is 37.2 Å². The molecule has 150 valence electrons. The quantitative estimate of drug-likeness (QED) is 0.759. The standard InChI is InChI=1S/C19H24N4O4S/c1-3-22-7-9-23(10-8-22)18-17(12-15(13-20-18)19(24)25)21-28(26,27)16-6-4-5-14(2)11-16/h4-6,11-13,21H,3,7-10H2,1-2H3,(H,24,25). The van der Waals surface area contributed by atoms with Gasteiger partial charge in [-0.1, -0.05) is 19.1 Å². The lowest BCUT2D eigenvalue weighted by atomic mass is 10.2. The number of carboxylic acid groups (broad SMARTS) is 1. The highest BCUT2D eigenvalue weighted by Gasteiger charge is 2.24. The summed E-state index contributed by atoms with van der Waals surface area (Å²) >= 11 is 0. The van der Waals surface area contributed by atoms with Gasteiger partial charge < -0.3 is 14.9 Å². The molecule has 1 aromatic heterocycles. The maximum atomic E-state index is 12.9. The van der Waals surface area contributed by atoms with Crippen molar-refractivity contribution in [2.45, 2.75) is 18.7 Å². The summed E-state index contributed by atoms with van der Waals surface area (Å²) in [6.07, 6.45) is 1.26. The monoisotopic (exact) mass is 404 g/mol. The number of hydrogen-bond acceptors (Lipinski definition) is 6. The number of likely N-dealkylation sites (N-methyl/N-ethyl adjacent to an activating group) is 1. The number of sulfonamides is 1. The van der Waals surface area contributed by atoms with Gasteiger partial charge in [0.1, 0.15) is 0 Å². The first kappa shape index (κ1) is 20.1. The van der Waals surface area contributed by atoms with E-state index in [2.05, 4.69) is 21.5 Å². The first-order valence-corrected chi connectivity index (χ1v) is 10.6. The number of nitrogens with zero attached hydrogens (tertiary/aromatic N) is 3. The SMILES string of the molecule is CCN1CCN(c2ncc(C(=O)O)cc2NS(=O)(=O)c2cccc(C)c2)CC1.